The molecule has 0 bridgehead atoms. The third-order valence-corrected chi connectivity index (χ3v) is 4.84. The highest BCUT2D eigenvalue weighted by molar-refractivity contribution is 6.06. The van der Waals surface area contributed by atoms with Gasteiger partial charge in [0.25, 0.3) is 5.91 Å². The Balaban J connectivity index is 1.61. The lowest BCUT2D eigenvalue weighted by molar-refractivity contribution is 0.0723. The first-order chi connectivity index (χ1) is 11.6. The molecule has 0 unspecified atom stereocenters. The largest absolute Gasteiger partial charge is 0.334 e. The molecule has 1 amide bonds. The van der Waals surface area contributed by atoms with E-state index in [1.165, 1.54) is 0 Å². The van der Waals surface area contributed by atoms with Gasteiger partial charge in [-0.1, -0.05) is 6.07 Å². The number of amides is 1. The zero-order chi connectivity index (χ0) is 16.7. The van der Waals surface area contributed by atoms with E-state index >= 15 is 0 Å². The van der Waals surface area contributed by atoms with E-state index in [0.717, 1.165) is 53.8 Å². The minimum absolute atomic E-state index is 0.0889. The Morgan fingerprint density at radius 2 is 2.25 bits per heavy atom. The number of rotatable bonds is 3. The minimum atomic E-state index is 0.0889. The number of carbonyl (C=O) groups is 1. The molecule has 1 fully saturated rings. The van der Waals surface area contributed by atoms with Crippen LogP contribution >= 0.6 is 0 Å². The molecule has 1 aliphatic rings. The Labute approximate surface area is 140 Å². The fourth-order valence-electron chi connectivity index (χ4n) is 3.66. The first-order valence-corrected chi connectivity index (χ1v) is 8.37. The third kappa shape index (κ3) is 2.48. The second kappa shape index (κ2) is 5.78. The maximum atomic E-state index is 13.1. The van der Waals surface area contributed by atoms with Gasteiger partial charge in [-0.05, 0) is 44.9 Å². The molecule has 0 spiro atoms. The molecule has 2 aromatic heterocycles. The number of aromatic nitrogens is 4. The van der Waals surface area contributed by atoms with Crippen molar-refractivity contribution in [3.8, 4) is 0 Å². The van der Waals surface area contributed by atoms with Gasteiger partial charge in [0, 0.05) is 17.6 Å². The van der Waals surface area contributed by atoms with Crippen LogP contribution in [0.25, 0.3) is 10.9 Å². The van der Waals surface area contributed by atoms with Crippen LogP contribution in [0.1, 0.15) is 34.6 Å². The number of benzene rings is 1. The number of likely N-dealkylation sites (tertiary alicyclic amines) is 1. The molecule has 4 rings (SSSR count). The van der Waals surface area contributed by atoms with E-state index < -0.39 is 0 Å². The van der Waals surface area contributed by atoms with Crippen molar-refractivity contribution in [1.82, 2.24) is 24.9 Å². The van der Waals surface area contributed by atoms with Gasteiger partial charge in [-0.2, -0.15) is 10.2 Å². The van der Waals surface area contributed by atoms with Gasteiger partial charge in [0.2, 0.25) is 0 Å². The number of nitrogens with zero attached hydrogens (tertiary/aromatic N) is 4. The Morgan fingerprint density at radius 1 is 1.38 bits per heavy atom. The Morgan fingerprint density at radius 3 is 3.04 bits per heavy atom. The number of hydrogen-bond donors (Lipinski definition) is 1. The molecular formula is C18H21N5O. The second-order valence-electron chi connectivity index (χ2n) is 6.54. The zero-order valence-corrected chi connectivity index (χ0v) is 14.0. The van der Waals surface area contributed by atoms with Crippen molar-refractivity contribution in [1.29, 1.82) is 0 Å². The molecule has 124 valence electrons. The van der Waals surface area contributed by atoms with Crippen LogP contribution in [0.2, 0.25) is 0 Å². The van der Waals surface area contributed by atoms with Crippen molar-refractivity contribution in [3.05, 3.63) is 47.4 Å². The lowest BCUT2D eigenvalue weighted by Gasteiger charge is -2.25. The molecule has 1 N–H and O–H groups in total. The molecule has 0 aliphatic carbocycles. The van der Waals surface area contributed by atoms with Crippen molar-refractivity contribution < 1.29 is 4.79 Å². The first kappa shape index (κ1) is 14.9. The van der Waals surface area contributed by atoms with Crippen molar-refractivity contribution in [2.45, 2.75) is 39.3 Å². The van der Waals surface area contributed by atoms with Crippen LogP contribution in [0.15, 0.2) is 30.5 Å². The number of nitrogens with one attached hydrogen (secondary N) is 1. The van der Waals surface area contributed by atoms with Gasteiger partial charge in [-0.3, -0.25) is 14.6 Å². The fourth-order valence-corrected chi connectivity index (χ4v) is 3.66. The van der Waals surface area contributed by atoms with E-state index in [-0.39, 0.29) is 11.9 Å². The van der Waals surface area contributed by atoms with Gasteiger partial charge >= 0.3 is 0 Å². The van der Waals surface area contributed by atoms with Crippen molar-refractivity contribution in [2.75, 3.05) is 6.54 Å². The Bertz CT molecular complexity index is 894. The summed E-state index contributed by atoms with van der Waals surface area (Å²) in [5.74, 6) is 0.0889. The molecule has 6 nitrogen and oxygen atoms in total. The number of aryl methyl sites for hydroxylation is 2. The highest BCUT2D eigenvalue weighted by atomic mass is 16.2. The first-order valence-electron chi connectivity index (χ1n) is 8.37. The van der Waals surface area contributed by atoms with Crippen LogP contribution in [-0.4, -0.2) is 43.4 Å². The summed E-state index contributed by atoms with van der Waals surface area (Å²) in [4.78, 5) is 15.1. The highest BCUT2D eigenvalue weighted by Crippen LogP contribution is 2.25. The zero-order valence-electron chi connectivity index (χ0n) is 14.0. The molecule has 3 aromatic rings. The number of hydrogen-bond acceptors (Lipinski definition) is 3. The van der Waals surface area contributed by atoms with Crippen LogP contribution in [0, 0.1) is 13.8 Å². The highest BCUT2D eigenvalue weighted by Gasteiger charge is 2.31. The molecule has 1 atom stereocenters. The second-order valence-corrected chi connectivity index (χ2v) is 6.54. The quantitative estimate of drug-likeness (QED) is 0.806. The molecule has 24 heavy (non-hydrogen) atoms. The summed E-state index contributed by atoms with van der Waals surface area (Å²) in [7, 11) is 0. The van der Waals surface area contributed by atoms with E-state index in [1.54, 1.807) is 6.20 Å². The molecule has 0 saturated carbocycles. The van der Waals surface area contributed by atoms with E-state index in [2.05, 4.69) is 28.3 Å². The standard InChI is InChI=1S/C18H21N5O/c1-12-9-13(2)23(21-12)11-14-5-4-8-22(14)18(24)15-6-3-7-17-16(15)10-19-20-17/h3,6-7,9-10,14H,4-5,8,11H2,1-2H3,(H,19,20)/t14-/m1/s1. The topological polar surface area (TPSA) is 66.8 Å². The normalized spacial score (nSPS) is 17.8. The summed E-state index contributed by atoms with van der Waals surface area (Å²) in [6.07, 6.45) is 3.79. The molecular weight excluding hydrogens is 302 g/mol. The number of carbonyl (C=O) groups excluding carboxylic acids is 1. The predicted molar refractivity (Wildman–Crippen MR) is 91.9 cm³/mol. The van der Waals surface area contributed by atoms with Crippen LogP contribution in [0.3, 0.4) is 0 Å². The lowest BCUT2D eigenvalue weighted by Crippen LogP contribution is -2.38. The van der Waals surface area contributed by atoms with Gasteiger partial charge in [0.05, 0.1) is 35.6 Å². The third-order valence-electron chi connectivity index (χ3n) is 4.84. The maximum Gasteiger partial charge on any atom is 0.254 e. The monoisotopic (exact) mass is 323 g/mol. The summed E-state index contributed by atoms with van der Waals surface area (Å²) in [6.45, 7) is 5.62. The minimum Gasteiger partial charge on any atom is -0.334 e. The van der Waals surface area contributed by atoms with Crippen molar-refractivity contribution >= 4 is 16.8 Å². The van der Waals surface area contributed by atoms with Gasteiger partial charge < -0.3 is 4.90 Å². The van der Waals surface area contributed by atoms with Crippen LogP contribution < -0.4 is 0 Å². The SMILES string of the molecule is Cc1cc(C)n(C[C@H]2CCCN2C(=O)c2cccc3[nH]ncc23)n1. The summed E-state index contributed by atoms with van der Waals surface area (Å²) in [5, 5.41) is 12.4. The lowest BCUT2D eigenvalue weighted by atomic mass is 10.1. The van der Waals surface area contributed by atoms with Crippen molar-refractivity contribution in [3.63, 3.8) is 0 Å². The van der Waals surface area contributed by atoms with Gasteiger partial charge in [-0.25, -0.2) is 0 Å². The summed E-state index contributed by atoms with van der Waals surface area (Å²) >= 11 is 0. The molecule has 0 radical (unpaired) electrons. The molecule has 6 heteroatoms. The Kier molecular flexibility index (Phi) is 3.59. The van der Waals surface area contributed by atoms with E-state index in [9.17, 15) is 4.79 Å². The van der Waals surface area contributed by atoms with Crippen molar-refractivity contribution in [2.24, 2.45) is 0 Å². The van der Waals surface area contributed by atoms with Gasteiger partial charge in [0.1, 0.15) is 0 Å². The summed E-state index contributed by atoms with van der Waals surface area (Å²) in [6, 6.07) is 8.00. The molecule has 1 aromatic carbocycles. The van der Waals surface area contributed by atoms with Crippen LogP contribution in [0.4, 0.5) is 0 Å². The summed E-state index contributed by atoms with van der Waals surface area (Å²) < 4.78 is 2.02. The molecule has 1 saturated heterocycles. The predicted octanol–water partition coefficient (Wildman–Crippen LogP) is 2.68. The van der Waals surface area contributed by atoms with Crippen LogP contribution in [-0.2, 0) is 6.54 Å². The summed E-state index contributed by atoms with van der Waals surface area (Å²) in [5.41, 5.74) is 3.78. The van der Waals surface area contributed by atoms with Crippen LogP contribution in [0.5, 0.6) is 0 Å². The van der Waals surface area contributed by atoms with E-state index in [4.69, 9.17) is 0 Å². The fraction of sp³-hybridized carbons (Fsp3) is 0.389. The molecule has 3 heterocycles. The average Bonchev–Trinajstić information content (AvgIpc) is 3.27. The Hall–Kier alpha value is -2.63. The van der Waals surface area contributed by atoms with E-state index in [0.29, 0.717) is 0 Å². The smallest absolute Gasteiger partial charge is 0.254 e. The number of H-pyrrole nitrogens is 1. The van der Waals surface area contributed by atoms with E-state index in [1.807, 2.05) is 34.7 Å². The maximum absolute atomic E-state index is 13.1. The van der Waals surface area contributed by atoms with Gasteiger partial charge in [-0.15, -0.1) is 0 Å². The van der Waals surface area contributed by atoms with Gasteiger partial charge in [0.15, 0.2) is 0 Å². The number of fused-ring (bicyclic) bond motifs is 1. The number of aromatic amines is 1. The molecule has 1 aliphatic heterocycles. The average molecular weight is 323 g/mol.